The predicted molar refractivity (Wildman–Crippen MR) is 71.9 cm³/mol. The van der Waals surface area contributed by atoms with Gasteiger partial charge in [-0.1, -0.05) is 17.7 Å². The smallest absolute Gasteiger partial charge is 0.257 e. The molecular formula is C13H11ClN2O2. The zero-order chi connectivity index (χ0) is 13.1. The Morgan fingerprint density at radius 2 is 2.00 bits per heavy atom. The third-order valence-electron chi connectivity index (χ3n) is 2.34. The van der Waals surface area contributed by atoms with Gasteiger partial charge in [-0.3, -0.25) is 4.79 Å². The van der Waals surface area contributed by atoms with Gasteiger partial charge in [0.1, 0.15) is 5.75 Å². The van der Waals surface area contributed by atoms with E-state index < -0.39 is 5.91 Å². The number of phenolic OH excluding ortho intramolecular Hbond substituents is 1. The van der Waals surface area contributed by atoms with Crippen LogP contribution in [-0.2, 0) is 0 Å². The molecule has 0 spiro atoms. The number of hydrogen-bond donors (Lipinski definition) is 3. The Labute approximate surface area is 109 Å². The summed E-state index contributed by atoms with van der Waals surface area (Å²) in [6.45, 7) is 0. The molecule has 4 N–H and O–H groups in total. The van der Waals surface area contributed by atoms with Gasteiger partial charge in [-0.25, -0.2) is 0 Å². The number of hydrogen-bond acceptors (Lipinski definition) is 3. The van der Waals surface area contributed by atoms with Crippen LogP contribution in [-0.4, -0.2) is 11.0 Å². The topological polar surface area (TPSA) is 75.3 Å². The molecule has 0 radical (unpaired) electrons. The Morgan fingerprint density at radius 1 is 1.22 bits per heavy atom. The van der Waals surface area contributed by atoms with Crippen LogP contribution in [0, 0.1) is 0 Å². The summed E-state index contributed by atoms with van der Waals surface area (Å²) in [5.74, 6) is -0.418. The van der Waals surface area contributed by atoms with Crippen LogP contribution in [0.15, 0.2) is 42.5 Å². The summed E-state index contributed by atoms with van der Waals surface area (Å²) in [6.07, 6.45) is 0. The quantitative estimate of drug-likeness (QED) is 0.729. The van der Waals surface area contributed by atoms with Gasteiger partial charge in [0.05, 0.1) is 10.6 Å². The van der Waals surface area contributed by atoms with Crippen molar-refractivity contribution in [2.24, 2.45) is 0 Å². The van der Waals surface area contributed by atoms with Crippen LogP contribution in [0.1, 0.15) is 10.4 Å². The molecule has 5 heteroatoms. The Morgan fingerprint density at radius 3 is 2.72 bits per heavy atom. The Bertz CT molecular complexity index is 599. The summed E-state index contributed by atoms with van der Waals surface area (Å²) >= 11 is 5.89. The molecule has 1 amide bonds. The van der Waals surface area contributed by atoms with Gasteiger partial charge in [-0.15, -0.1) is 0 Å². The Hall–Kier alpha value is -2.20. The fourth-order valence-electron chi connectivity index (χ4n) is 1.50. The molecule has 2 rings (SSSR count). The summed E-state index contributed by atoms with van der Waals surface area (Å²) in [5.41, 5.74) is 6.94. The van der Waals surface area contributed by atoms with E-state index in [1.807, 2.05) is 0 Å². The fourth-order valence-corrected chi connectivity index (χ4v) is 1.71. The van der Waals surface area contributed by atoms with Gasteiger partial charge >= 0.3 is 0 Å². The minimum atomic E-state index is -0.401. The first-order chi connectivity index (χ1) is 8.56. The lowest BCUT2D eigenvalue weighted by molar-refractivity contribution is 0.102. The van der Waals surface area contributed by atoms with Gasteiger partial charge < -0.3 is 16.2 Å². The van der Waals surface area contributed by atoms with E-state index in [-0.39, 0.29) is 16.3 Å². The molecule has 2 aromatic rings. The van der Waals surface area contributed by atoms with Gasteiger partial charge in [0.25, 0.3) is 5.91 Å². The van der Waals surface area contributed by atoms with Crippen LogP contribution in [0.25, 0.3) is 0 Å². The van der Waals surface area contributed by atoms with Gasteiger partial charge in [0.2, 0.25) is 0 Å². The lowest BCUT2D eigenvalue weighted by atomic mass is 10.2. The van der Waals surface area contributed by atoms with Crippen LogP contribution in [0.2, 0.25) is 5.02 Å². The van der Waals surface area contributed by atoms with E-state index in [1.54, 1.807) is 24.3 Å². The second kappa shape index (κ2) is 4.98. The molecule has 0 bridgehead atoms. The monoisotopic (exact) mass is 262 g/mol. The van der Waals surface area contributed by atoms with E-state index >= 15 is 0 Å². The van der Waals surface area contributed by atoms with Crippen molar-refractivity contribution in [2.75, 3.05) is 11.1 Å². The molecule has 0 heterocycles. The molecule has 4 nitrogen and oxygen atoms in total. The lowest BCUT2D eigenvalue weighted by Gasteiger charge is -2.07. The number of benzene rings is 2. The van der Waals surface area contributed by atoms with Gasteiger partial charge in [0, 0.05) is 11.4 Å². The number of aromatic hydroxyl groups is 1. The minimum Gasteiger partial charge on any atom is -0.508 e. The molecule has 0 saturated heterocycles. The van der Waals surface area contributed by atoms with Crippen LogP contribution in [0.3, 0.4) is 0 Å². The molecule has 0 aliphatic carbocycles. The maximum Gasteiger partial charge on any atom is 0.257 e. The second-order valence-corrected chi connectivity index (χ2v) is 4.15. The normalized spacial score (nSPS) is 10.1. The van der Waals surface area contributed by atoms with E-state index in [0.29, 0.717) is 11.4 Å². The highest BCUT2D eigenvalue weighted by Crippen LogP contribution is 2.22. The number of nitrogen functional groups attached to an aromatic ring is 1. The van der Waals surface area contributed by atoms with Crippen LogP contribution >= 0.6 is 11.6 Å². The van der Waals surface area contributed by atoms with Crippen molar-refractivity contribution < 1.29 is 9.90 Å². The average molecular weight is 263 g/mol. The molecule has 0 aliphatic rings. The second-order valence-electron chi connectivity index (χ2n) is 3.74. The maximum absolute atomic E-state index is 12.0. The van der Waals surface area contributed by atoms with Gasteiger partial charge in [0.15, 0.2) is 0 Å². The number of phenols is 1. The lowest BCUT2D eigenvalue weighted by Crippen LogP contribution is -2.12. The van der Waals surface area contributed by atoms with Crippen molar-refractivity contribution in [2.45, 2.75) is 0 Å². The summed E-state index contributed by atoms with van der Waals surface area (Å²) in [4.78, 5) is 12.0. The molecule has 0 fully saturated rings. The Kier molecular flexibility index (Phi) is 3.39. The van der Waals surface area contributed by atoms with Crippen molar-refractivity contribution in [3.63, 3.8) is 0 Å². The Balaban J connectivity index is 2.24. The largest absolute Gasteiger partial charge is 0.508 e. The van der Waals surface area contributed by atoms with Crippen molar-refractivity contribution in [1.29, 1.82) is 0 Å². The van der Waals surface area contributed by atoms with Gasteiger partial charge in [-0.05, 0) is 36.4 Å². The molecule has 92 valence electrons. The number of carbonyl (C=O) groups is 1. The zero-order valence-corrected chi connectivity index (χ0v) is 10.1. The van der Waals surface area contributed by atoms with Crippen LogP contribution < -0.4 is 11.1 Å². The van der Waals surface area contributed by atoms with E-state index in [0.717, 1.165) is 0 Å². The predicted octanol–water partition coefficient (Wildman–Crippen LogP) is 2.88. The average Bonchev–Trinajstić information content (AvgIpc) is 2.32. The standard InChI is InChI=1S/C13H11ClN2O2/c14-12-5-4-10(17)7-11(12)13(18)16-9-3-1-2-8(15)6-9/h1-7,17H,15H2,(H,16,18). The third-order valence-corrected chi connectivity index (χ3v) is 2.67. The molecule has 0 saturated carbocycles. The number of anilines is 2. The molecule has 18 heavy (non-hydrogen) atoms. The molecular weight excluding hydrogens is 252 g/mol. The van der Waals surface area contributed by atoms with Crippen LogP contribution in [0.4, 0.5) is 11.4 Å². The number of nitrogens with two attached hydrogens (primary N) is 1. The number of amides is 1. The van der Waals surface area contributed by atoms with E-state index in [4.69, 9.17) is 17.3 Å². The van der Waals surface area contributed by atoms with E-state index in [9.17, 15) is 9.90 Å². The number of rotatable bonds is 2. The highest BCUT2D eigenvalue weighted by atomic mass is 35.5. The summed E-state index contributed by atoms with van der Waals surface area (Å²) < 4.78 is 0. The molecule has 2 aromatic carbocycles. The number of carbonyl (C=O) groups excluding carboxylic acids is 1. The van der Waals surface area contributed by atoms with Crippen molar-refractivity contribution in [3.05, 3.63) is 53.1 Å². The van der Waals surface area contributed by atoms with Crippen molar-refractivity contribution >= 4 is 28.9 Å². The number of halogens is 1. The molecule has 0 aromatic heterocycles. The first-order valence-corrected chi connectivity index (χ1v) is 5.59. The summed E-state index contributed by atoms with van der Waals surface area (Å²) in [5, 5.41) is 12.3. The van der Waals surface area contributed by atoms with E-state index in [2.05, 4.69) is 5.32 Å². The van der Waals surface area contributed by atoms with Crippen LogP contribution in [0.5, 0.6) is 5.75 Å². The molecule has 0 unspecified atom stereocenters. The molecule has 0 aliphatic heterocycles. The summed E-state index contributed by atoms with van der Waals surface area (Å²) in [7, 11) is 0. The highest BCUT2D eigenvalue weighted by Gasteiger charge is 2.11. The van der Waals surface area contributed by atoms with Gasteiger partial charge in [-0.2, -0.15) is 0 Å². The fraction of sp³-hybridized carbons (Fsp3) is 0. The van der Waals surface area contributed by atoms with Crippen molar-refractivity contribution in [3.8, 4) is 5.75 Å². The SMILES string of the molecule is Nc1cccc(NC(=O)c2cc(O)ccc2Cl)c1. The zero-order valence-electron chi connectivity index (χ0n) is 9.35. The van der Waals surface area contributed by atoms with Crippen molar-refractivity contribution in [1.82, 2.24) is 0 Å². The third kappa shape index (κ3) is 2.73. The summed E-state index contributed by atoms with van der Waals surface area (Å²) in [6, 6.07) is 11.0. The van der Waals surface area contributed by atoms with E-state index in [1.165, 1.54) is 18.2 Å². The molecule has 0 atom stereocenters. The first kappa shape index (κ1) is 12.3. The first-order valence-electron chi connectivity index (χ1n) is 5.21. The minimum absolute atomic E-state index is 0.0166. The number of nitrogens with one attached hydrogen (secondary N) is 1. The highest BCUT2D eigenvalue weighted by molar-refractivity contribution is 6.34. The maximum atomic E-state index is 12.0.